The minimum absolute atomic E-state index is 0.0806. The molecule has 1 aromatic heterocycles. The van der Waals surface area contributed by atoms with Crippen LogP contribution in [0.15, 0.2) is 97.1 Å². The largest absolute Gasteiger partial charge is 0.279 e. The Balaban J connectivity index is 1.48. The van der Waals surface area contributed by atoms with Gasteiger partial charge in [-0.1, -0.05) is 102 Å². The van der Waals surface area contributed by atoms with E-state index in [1.807, 2.05) is 91.9 Å². The highest BCUT2D eigenvalue weighted by molar-refractivity contribution is 7.23. The van der Waals surface area contributed by atoms with E-state index in [9.17, 15) is 4.79 Å². The van der Waals surface area contributed by atoms with Crippen LogP contribution in [0.4, 0.5) is 5.13 Å². The van der Waals surface area contributed by atoms with Gasteiger partial charge in [-0.25, -0.2) is 4.98 Å². The second-order valence-corrected chi connectivity index (χ2v) is 9.66. The summed E-state index contributed by atoms with van der Waals surface area (Å²) in [6, 6.07) is 32.0. The molecule has 1 amide bonds. The van der Waals surface area contributed by atoms with Crippen molar-refractivity contribution in [1.29, 1.82) is 0 Å². The normalized spacial score (nSPS) is 11.0. The molecule has 0 saturated carbocycles. The monoisotopic (exact) mass is 482 g/mol. The highest BCUT2D eigenvalue weighted by Crippen LogP contribution is 2.36. The van der Waals surface area contributed by atoms with Gasteiger partial charge in [0.15, 0.2) is 5.13 Å². The summed E-state index contributed by atoms with van der Waals surface area (Å²) in [5.74, 6) is -0.0806. The zero-order valence-electron chi connectivity index (χ0n) is 18.7. The number of carbonyl (C=O) groups excluding carboxylic acids is 1. The van der Waals surface area contributed by atoms with Crippen molar-refractivity contribution in [2.75, 3.05) is 4.90 Å². The van der Waals surface area contributed by atoms with Crippen molar-refractivity contribution in [2.45, 2.75) is 19.9 Å². The Morgan fingerprint density at radius 2 is 1.44 bits per heavy atom. The van der Waals surface area contributed by atoms with Gasteiger partial charge < -0.3 is 0 Å². The number of aryl methyl sites for hydroxylation is 1. The molecule has 0 unspecified atom stereocenters. The third kappa shape index (κ3) is 4.74. The van der Waals surface area contributed by atoms with Crippen LogP contribution in [-0.2, 0) is 13.0 Å². The van der Waals surface area contributed by atoms with Crippen molar-refractivity contribution in [2.24, 2.45) is 0 Å². The van der Waals surface area contributed by atoms with Crippen LogP contribution in [0.25, 0.3) is 10.2 Å². The van der Waals surface area contributed by atoms with Crippen LogP contribution in [0.5, 0.6) is 0 Å². The number of carbonyl (C=O) groups is 1. The topological polar surface area (TPSA) is 33.2 Å². The van der Waals surface area contributed by atoms with Crippen LogP contribution in [0.1, 0.15) is 32.6 Å². The summed E-state index contributed by atoms with van der Waals surface area (Å²) in [6.45, 7) is 2.44. The molecule has 0 fully saturated rings. The first-order valence-electron chi connectivity index (χ1n) is 11.1. The van der Waals surface area contributed by atoms with Gasteiger partial charge in [0.2, 0.25) is 0 Å². The third-order valence-electron chi connectivity index (χ3n) is 5.80. The molecule has 168 valence electrons. The van der Waals surface area contributed by atoms with E-state index in [0.29, 0.717) is 22.3 Å². The van der Waals surface area contributed by atoms with Crippen molar-refractivity contribution in [3.63, 3.8) is 0 Å². The predicted molar refractivity (Wildman–Crippen MR) is 142 cm³/mol. The molecular weight excluding hydrogens is 460 g/mol. The van der Waals surface area contributed by atoms with Gasteiger partial charge in [-0.15, -0.1) is 0 Å². The van der Waals surface area contributed by atoms with Crippen molar-refractivity contribution in [3.8, 4) is 0 Å². The SMILES string of the molecule is Cc1ccc(Cl)c2sc(N(Cc3ccccc3)C(=O)c3ccc(Cc4ccccc4)cc3)nc12. The van der Waals surface area contributed by atoms with Gasteiger partial charge in [0.1, 0.15) is 0 Å². The lowest BCUT2D eigenvalue weighted by Crippen LogP contribution is -2.30. The molecule has 0 spiro atoms. The molecule has 3 nitrogen and oxygen atoms in total. The Morgan fingerprint density at radius 3 is 2.09 bits per heavy atom. The fourth-order valence-corrected chi connectivity index (χ4v) is 5.27. The van der Waals surface area contributed by atoms with E-state index in [1.165, 1.54) is 22.5 Å². The molecule has 5 rings (SSSR count). The molecule has 5 heteroatoms. The Labute approximate surface area is 208 Å². The lowest BCUT2D eigenvalue weighted by Gasteiger charge is -2.20. The van der Waals surface area contributed by atoms with Crippen molar-refractivity contribution in [1.82, 2.24) is 4.98 Å². The number of thiazole rings is 1. The van der Waals surface area contributed by atoms with Crippen LogP contribution in [0, 0.1) is 6.92 Å². The fourth-order valence-electron chi connectivity index (χ4n) is 3.95. The number of anilines is 1. The maximum absolute atomic E-state index is 13.7. The number of rotatable bonds is 6. The van der Waals surface area contributed by atoms with E-state index in [2.05, 4.69) is 12.1 Å². The van der Waals surface area contributed by atoms with Crippen LogP contribution in [-0.4, -0.2) is 10.9 Å². The van der Waals surface area contributed by atoms with E-state index in [4.69, 9.17) is 16.6 Å². The van der Waals surface area contributed by atoms with Gasteiger partial charge in [-0.05, 0) is 53.8 Å². The molecule has 4 aromatic carbocycles. The average Bonchev–Trinajstić information content (AvgIpc) is 3.33. The summed E-state index contributed by atoms with van der Waals surface area (Å²) in [5, 5.41) is 1.30. The van der Waals surface area contributed by atoms with Crippen LogP contribution in [0.3, 0.4) is 0 Å². The Morgan fingerprint density at radius 1 is 0.824 bits per heavy atom. The molecule has 1 heterocycles. The smallest absolute Gasteiger partial charge is 0.260 e. The first-order valence-corrected chi connectivity index (χ1v) is 12.3. The van der Waals surface area contributed by atoms with Gasteiger partial charge in [-0.2, -0.15) is 0 Å². The van der Waals surface area contributed by atoms with E-state index >= 15 is 0 Å². The van der Waals surface area contributed by atoms with E-state index in [-0.39, 0.29) is 5.91 Å². The number of halogens is 1. The number of aromatic nitrogens is 1. The molecular formula is C29H23ClN2OS. The predicted octanol–water partition coefficient (Wildman–Crippen LogP) is 7.70. The van der Waals surface area contributed by atoms with Gasteiger partial charge in [0, 0.05) is 5.56 Å². The Hall–Kier alpha value is -3.47. The van der Waals surface area contributed by atoms with Crippen molar-refractivity contribution >= 4 is 44.2 Å². The molecule has 0 bridgehead atoms. The van der Waals surface area contributed by atoms with Crippen molar-refractivity contribution in [3.05, 3.63) is 130 Å². The van der Waals surface area contributed by atoms with E-state index < -0.39 is 0 Å². The highest BCUT2D eigenvalue weighted by Gasteiger charge is 2.23. The van der Waals surface area contributed by atoms with Gasteiger partial charge in [-0.3, -0.25) is 9.69 Å². The number of amides is 1. The zero-order valence-corrected chi connectivity index (χ0v) is 20.3. The number of benzene rings is 4. The molecule has 0 aliphatic carbocycles. The lowest BCUT2D eigenvalue weighted by atomic mass is 10.0. The first-order chi connectivity index (χ1) is 16.6. The van der Waals surface area contributed by atoms with Crippen LogP contribution < -0.4 is 4.90 Å². The number of fused-ring (bicyclic) bond motifs is 1. The van der Waals surface area contributed by atoms with Gasteiger partial charge in [0.05, 0.1) is 21.8 Å². The quantitative estimate of drug-likeness (QED) is 0.248. The third-order valence-corrected chi connectivity index (χ3v) is 7.34. The van der Waals surface area contributed by atoms with Crippen LogP contribution >= 0.6 is 22.9 Å². The molecule has 0 atom stereocenters. The van der Waals surface area contributed by atoms with E-state index in [1.54, 1.807) is 4.90 Å². The average molecular weight is 483 g/mol. The summed E-state index contributed by atoms with van der Waals surface area (Å²) in [6.07, 6.45) is 0.832. The minimum atomic E-state index is -0.0806. The summed E-state index contributed by atoms with van der Waals surface area (Å²) < 4.78 is 0.903. The summed E-state index contributed by atoms with van der Waals surface area (Å²) in [4.78, 5) is 20.3. The Bertz CT molecular complexity index is 1390. The molecule has 0 N–H and O–H groups in total. The molecule has 34 heavy (non-hydrogen) atoms. The maximum Gasteiger partial charge on any atom is 0.260 e. The molecule has 5 aromatic rings. The number of hydrogen-bond donors (Lipinski definition) is 0. The summed E-state index contributed by atoms with van der Waals surface area (Å²) in [5.41, 5.74) is 5.97. The van der Waals surface area contributed by atoms with Gasteiger partial charge in [0.25, 0.3) is 5.91 Å². The zero-order chi connectivity index (χ0) is 23.5. The molecule has 0 aliphatic rings. The number of nitrogens with zero attached hydrogens (tertiary/aromatic N) is 2. The Kier molecular flexibility index (Phi) is 6.43. The second kappa shape index (κ2) is 9.80. The summed E-state index contributed by atoms with van der Waals surface area (Å²) in [7, 11) is 0. The first kappa shape index (κ1) is 22.3. The molecule has 0 radical (unpaired) electrons. The lowest BCUT2D eigenvalue weighted by molar-refractivity contribution is 0.0985. The summed E-state index contributed by atoms with van der Waals surface area (Å²) >= 11 is 7.91. The van der Waals surface area contributed by atoms with Crippen molar-refractivity contribution < 1.29 is 4.79 Å². The molecule has 0 saturated heterocycles. The van der Waals surface area contributed by atoms with E-state index in [0.717, 1.165) is 27.8 Å². The fraction of sp³-hybridized carbons (Fsp3) is 0.103. The number of hydrogen-bond acceptors (Lipinski definition) is 3. The maximum atomic E-state index is 13.7. The standard InChI is InChI=1S/C29H23ClN2OS/c1-20-12-17-25(30)27-26(20)31-29(34-27)32(19-23-10-6-3-7-11-23)28(33)24-15-13-22(14-16-24)18-21-8-4-2-5-9-21/h2-17H,18-19H2,1H3. The minimum Gasteiger partial charge on any atom is -0.279 e. The van der Waals surface area contributed by atoms with Gasteiger partial charge >= 0.3 is 0 Å². The second-order valence-electron chi connectivity index (χ2n) is 8.27. The molecule has 0 aliphatic heterocycles. The van der Waals surface area contributed by atoms with Crippen LogP contribution in [0.2, 0.25) is 5.02 Å². The highest BCUT2D eigenvalue weighted by atomic mass is 35.5.